The van der Waals surface area contributed by atoms with Crippen molar-refractivity contribution in [1.29, 1.82) is 0 Å². The third-order valence-electron chi connectivity index (χ3n) is 2.66. The molecule has 1 amide bonds. The van der Waals surface area contributed by atoms with Crippen LogP contribution in [0.4, 0.5) is 0 Å². The van der Waals surface area contributed by atoms with Crippen molar-refractivity contribution in [2.75, 3.05) is 13.7 Å². The number of nitrogens with two attached hydrogens (primary N) is 1. The molecule has 1 aromatic rings. The normalized spacial score (nSPS) is 12.6. The maximum atomic E-state index is 11.9. The average molecular weight is 241 g/mol. The van der Waals surface area contributed by atoms with E-state index in [4.69, 9.17) is 15.0 Å². The molecule has 1 unspecified atom stereocenters. The summed E-state index contributed by atoms with van der Waals surface area (Å²) in [5.74, 6) is 0.223. The van der Waals surface area contributed by atoms with Crippen molar-refractivity contribution in [3.63, 3.8) is 0 Å². The van der Waals surface area contributed by atoms with Crippen molar-refractivity contribution in [2.45, 2.75) is 26.8 Å². The zero-order chi connectivity index (χ0) is 13.0. The zero-order valence-electron chi connectivity index (χ0n) is 10.6. The second-order valence-electron chi connectivity index (χ2n) is 4.21. The van der Waals surface area contributed by atoms with E-state index in [1.54, 1.807) is 6.92 Å². The number of methoxy groups -OCH3 is 1. The second-order valence-corrected chi connectivity index (χ2v) is 4.21. The minimum atomic E-state index is -0.293. The summed E-state index contributed by atoms with van der Waals surface area (Å²) in [6.45, 7) is 6.09. The summed E-state index contributed by atoms with van der Waals surface area (Å²) < 4.78 is 9.80. The van der Waals surface area contributed by atoms with Gasteiger partial charge >= 0.3 is 5.95 Å². The van der Waals surface area contributed by atoms with Crippen LogP contribution in [0.3, 0.4) is 0 Å². The monoisotopic (exact) mass is 241 g/mol. The maximum absolute atomic E-state index is 11.9. The van der Waals surface area contributed by atoms with Gasteiger partial charge in [-0.2, -0.15) is 0 Å². The largest absolute Gasteiger partial charge is 0.467 e. The van der Waals surface area contributed by atoms with E-state index in [0.717, 1.165) is 0 Å². The summed E-state index contributed by atoms with van der Waals surface area (Å²) in [5, 5.41) is 6.50. The molecule has 0 saturated heterocycles. The van der Waals surface area contributed by atoms with Gasteiger partial charge in [0.2, 0.25) is 0 Å². The summed E-state index contributed by atoms with van der Waals surface area (Å²) in [5.41, 5.74) is 6.41. The van der Waals surface area contributed by atoms with Crippen molar-refractivity contribution in [3.05, 3.63) is 11.3 Å². The Labute approximate surface area is 100 Å². The SMILES string of the molecule is COc1onc(C(=O)NC(CN)C(C)C)c1C. The Kier molecular flexibility index (Phi) is 4.51. The quantitative estimate of drug-likeness (QED) is 0.792. The minimum Gasteiger partial charge on any atom is -0.467 e. The van der Waals surface area contributed by atoms with Gasteiger partial charge in [0, 0.05) is 12.6 Å². The molecule has 6 heteroatoms. The number of hydrogen-bond donors (Lipinski definition) is 2. The first-order chi connectivity index (χ1) is 8.01. The van der Waals surface area contributed by atoms with Crippen LogP contribution in [0.5, 0.6) is 5.95 Å². The van der Waals surface area contributed by atoms with Gasteiger partial charge in [0.05, 0.1) is 12.7 Å². The number of hydrogen-bond acceptors (Lipinski definition) is 5. The molecule has 0 spiro atoms. The van der Waals surface area contributed by atoms with E-state index >= 15 is 0 Å². The molecule has 0 radical (unpaired) electrons. The topological polar surface area (TPSA) is 90.4 Å². The smallest absolute Gasteiger partial charge is 0.314 e. The molecule has 1 heterocycles. The fraction of sp³-hybridized carbons (Fsp3) is 0.636. The molecule has 1 atom stereocenters. The lowest BCUT2D eigenvalue weighted by atomic mass is 10.0. The first-order valence-electron chi connectivity index (χ1n) is 5.52. The summed E-state index contributed by atoms with van der Waals surface area (Å²) in [6, 6.07) is -0.0791. The minimum absolute atomic E-state index is 0.0791. The van der Waals surface area contributed by atoms with Gasteiger partial charge < -0.3 is 20.3 Å². The lowest BCUT2D eigenvalue weighted by Gasteiger charge is -2.19. The predicted octanol–water partition coefficient (Wildman–Crippen LogP) is 0.705. The number of carbonyl (C=O) groups is 1. The fourth-order valence-electron chi connectivity index (χ4n) is 1.46. The van der Waals surface area contributed by atoms with Crippen LogP contribution in [0.1, 0.15) is 29.9 Å². The van der Waals surface area contributed by atoms with E-state index in [0.29, 0.717) is 12.1 Å². The summed E-state index contributed by atoms with van der Waals surface area (Å²) in [7, 11) is 1.46. The predicted molar refractivity (Wildman–Crippen MR) is 62.9 cm³/mol. The molecule has 0 bridgehead atoms. The van der Waals surface area contributed by atoms with Gasteiger partial charge in [-0.05, 0) is 12.8 Å². The molecule has 96 valence electrons. The van der Waals surface area contributed by atoms with Gasteiger partial charge in [-0.1, -0.05) is 19.0 Å². The number of aromatic nitrogens is 1. The Balaban J connectivity index is 2.79. The molecule has 17 heavy (non-hydrogen) atoms. The summed E-state index contributed by atoms with van der Waals surface area (Å²) >= 11 is 0. The Bertz CT molecular complexity index is 387. The first-order valence-corrected chi connectivity index (χ1v) is 5.52. The van der Waals surface area contributed by atoms with E-state index < -0.39 is 0 Å². The van der Waals surface area contributed by atoms with E-state index in [1.807, 2.05) is 13.8 Å². The highest BCUT2D eigenvalue weighted by Crippen LogP contribution is 2.20. The Morgan fingerprint density at radius 1 is 1.59 bits per heavy atom. The van der Waals surface area contributed by atoms with Crippen LogP contribution in [0.15, 0.2) is 4.52 Å². The van der Waals surface area contributed by atoms with E-state index in [2.05, 4.69) is 10.5 Å². The van der Waals surface area contributed by atoms with Gasteiger partial charge in [-0.25, -0.2) is 0 Å². The molecule has 0 aliphatic heterocycles. The van der Waals surface area contributed by atoms with Crippen LogP contribution in [-0.2, 0) is 0 Å². The fourth-order valence-corrected chi connectivity index (χ4v) is 1.46. The highest BCUT2D eigenvalue weighted by Gasteiger charge is 2.22. The van der Waals surface area contributed by atoms with Crippen LogP contribution in [0, 0.1) is 12.8 Å². The van der Waals surface area contributed by atoms with Crippen molar-refractivity contribution in [1.82, 2.24) is 10.5 Å². The van der Waals surface area contributed by atoms with Gasteiger partial charge in [0.25, 0.3) is 5.91 Å². The molecule has 0 saturated carbocycles. The standard InChI is InChI=1S/C11H19N3O3/c1-6(2)8(5-12)13-10(15)9-7(3)11(16-4)17-14-9/h6,8H,5,12H2,1-4H3,(H,13,15). The highest BCUT2D eigenvalue weighted by molar-refractivity contribution is 5.94. The number of nitrogens with zero attached hydrogens (tertiary/aromatic N) is 1. The van der Waals surface area contributed by atoms with Gasteiger partial charge in [-0.3, -0.25) is 4.79 Å². The van der Waals surface area contributed by atoms with E-state index in [9.17, 15) is 4.79 Å². The number of rotatable bonds is 5. The third-order valence-corrected chi connectivity index (χ3v) is 2.66. The molecule has 0 fully saturated rings. The number of carbonyl (C=O) groups excluding carboxylic acids is 1. The van der Waals surface area contributed by atoms with Crippen molar-refractivity contribution in [2.24, 2.45) is 11.7 Å². The molecule has 0 aliphatic rings. The van der Waals surface area contributed by atoms with E-state index in [1.165, 1.54) is 7.11 Å². The van der Waals surface area contributed by atoms with Crippen molar-refractivity contribution >= 4 is 5.91 Å². The summed E-state index contributed by atoms with van der Waals surface area (Å²) in [6.07, 6.45) is 0. The Hall–Kier alpha value is -1.56. The highest BCUT2D eigenvalue weighted by atomic mass is 16.6. The van der Waals surface area contributed by atoms with Crippen LogP contribution in [0.25, 0.3) is 0 Å². The van der Waals surface area contributed by atoms with Crippen LogP contribution < -0.4 is 15.8 Å². The third kappa shape index (κ3) is 2.97. The molecule has 0 aromatic carbocycles. The van der Waals surface area contributed by atoms with Crippen LogP contribution >= 0.6 is 0 Å². The van der Waals surface area contributed by atoms with Gasteiger partial charge in [-0.15, -0.1) is 0 Å². The molecule has 6 nitrogen and oxygen atoms in total. The molecule has 3 N–H and O–H groups in total. The zero-order valence-corrected chi connectivity index (χ0v) is 10.6. The average Bonchev–Trinajstić information content (AvgIpc) is 2.66. The molecule has 1 rings (SSSR count). The van der Waals surface area contributed by atoms with E-state index in [-0.39, 0.29) is 29.5 Å². The van der Waals surface area contributed by atoms with Gasteiger partial charge in [0.15, 0.2) is 5.69 Å². The number of amides is 1. The molecule has 0 aliphatic carbocycles. The Morgan fingerprint density at radius 3 is 2.65 bits per heavy atom. The second kappa shape index (κ2) is 5.67. The molecular formula is C11H19N3O3. The first kappa shape index (κ1) is 13.5. The van der Waals surface area contributed by atoms with Crippen LogP contribution in [0.2, 0.25) is 0 Å². The lowest BCUT2D eigenvalue weighted by Crippen LogP contribution is -2.43. The van der Waals surface area contributed by atoms with Crippen LogP contribution in [-0.4, -0.2) is 30.8 Å². The van der Waals surface area contributed by atoms with Gasteiger partial charge in [0.1, 0.15) is 0 Å². The lowest BCUT2D eigenvalue weighted by molar-refractivity contribution is 0.0917. The molecule has 1 aromatic heterocycles. The molecular weight excluding hydrogens is 222 g/mol. The maximum Gasteiger partial charge on any atom is 0.314 e. The summed E-state index contributed by atoms with van der Waals surface area (Å²) in [4.78, 5) is 11.9. The van der Waals surface area contributed by atoms with Crippen molar-refractivity contribution < 1.29 is 14.1 Å². The number of ether oxygens (including phenoxy) is 1. The number of nitrogens with one attached hydrogen (secondary N) is 1. The Morgan fingerprint density at radius 2 is 2.24 bits per heavy atom. The van der Waals surface area contributed by atoms with Crippen molar-refractivity contribution in [3.8, 4) is 5.95 Å².